The monoisotopic (exact) mass is 362 g/mol. The van der Waals surface area contributed by atoms with E-state index in [1.54, 1.807) is 12.1 Å². The molecule has 0 aromatic heterocycles. The number of benzene rings is 2. The van der Waals surface area contributed by atoms with E-state index in [2.05, 4.69) is 5.32 Å². The van der Waals surface area contributed by atoms with E-state index in [-0.39, 0.29) is 11.7 Å². The number of nitrogens with one attached hydrogen (secondary N) is 1. The van der Waals surface area contributed by atoms with Gasteiger partial charge in [0, 0.05) is 23.2 Å². The van der Waals surface area contributed by atoms with Gasteiger partial charge in [0.25, 0.3) is 5.91 Å². The lowest BCUT2D eigenvalue weighted by Gasteiger charge is -2.11. The van der Waals surface area contributed by atoms with Crippen LogP contribution in [0.4, 0.5) is 5.69 Å². The fraction of sp³-hybridized carbons (Fsp3) is 0.273. The Labute approximate surface area is 159 Å². The number of hydrogen-bond acceptors (Lipinski definition) is 4. The van der Waals surface area contributed by atoms with Gasteiger partial charge in [0.1, 0.15) is 29.2 Å². The van der Waals surface area contributed by atoms with Crippen LogP contribution in [0.5, 0.6) is 11.5 Å². The number of anilines is 1. The molecule has 138 valence electrons. The lowest BCUT2D eigenvalue weighted by Crippen LogP contribution is -2.14. The Morgan fingerprint density at radius 1 is 1.41 bits per heavy atom. The van der Waals surface area contributed by atoms with E-state index in [1.165, 1.54) is 0 Å². The molecular formula is C22H22N2O3. The van der Waals surface area contributed by atoms with Crippen LogP contribution in [0.15, 0.2) is 42.0 Å². The van der Waals surface area contributed by atoms with Crippen LogP contribution in [0.25, 0.3) is 6.08 Å². The van der Waals surface area contributed by atoms with Crippen molar-refractivity contribution in [3.8, 4) is 17.6 Å². The van der Waals surface area contributed by atoms with Crippen molar-refractivity contribution in [3.05, 3.63) is 58.7 Å². The van der Waals surface area contributed by atoms with Crippen LogP contribution in [-0.4, -0.2) is 18.6 Å². The number of ether oxygens (including phenoxy) is 2. The number of nitriles is 1. The molecule has 0 aliphatic carbocycles. The SMILES string of the molecule is CCOc1cc2c(cc1/C=C(\C#N)C(=O)Nc1ccccc1C)OC(C)C2. The standard InChI is InChI=1S/C22H22N2O3/c1-4-26-20-11-16-9-15(3)27-21(16)12-17(20)10-18(13-23)22(25)24-19-8-6-5-7-14(19)2/h5-8,10-12,15H,4,9H2,1-3H3,(H,24,25)/b18-10+. The molecule has 1 aliphatic rings. The van der Waals surface area contributed by atoms with E-state index < -0.39 is 5.91 Å². The van der Waals surface area contributed by atoms with Crippen molar-refractivity contribution in [1.82, 2.24) is 0 Å². The van der Waals surface area contributed by atoms with Crippen LogP contribution in [0.1, 0.15) is 30.5 Å². The molecule has 2 aromatic carbocycles. The van der Waals surface area contributed by atoms with E-state index in [4.69, 9.17) is 9.47 Å². The number of nitrogens with zero attached hydrogens (tertiary/aromatic N) is 1. The number of carbonyl (C=O) groups excluding carboxylic acids is 1. The molecule has 5 heteroatoms. The fourth-order valence-corrected chi connectivity index (χ4v) is 3.06. The van der Waals surface area contributed by atoms with E-state index in [0.717, 1.165) is 23.3 Å². The van der Waals surface area contributed by atoms with Gasteiger partial charge in [-0.3, -0.25) is 4.79 Å². The highest BCUT2D eigenvalue weighted by molar-refractivity contribution is 6.10. The summed E-state index contributed by atoms with van der Waals surface area (Å²) in [5.41, 5.74) is 3.34. The summed E-state index contributed by atoms with van der Waals surface area (Å²) in [4.78, 5) is 12.6. The number of para-hydroxylation sites is 1. The molecule has 5 nitrogen and oxygen atoms in total. The van der Waals surface area contributed by atoms with Gasteiger partial charge in [0.15, 0.2) is 0 Å². The summed E-state index contributed by atoms with van der Waals surface area (Å²) in [7, 11) is 0. The van der Waals surface area contributed by atoms with Crippen LogP contribution in [0.3, 0.4) is 0 Å². The highest BCUT2D eigenvalue weighted by Crippen LogP contribution is 2.36. The Balaban J connectivity index is 1.93. The Bertz CT molecular complexity index is 941. The summed E-state index contributed by atoms with van der Waals surface area (Å²) in [5, 5.41) is 12.3. The van der Waals surface area contributed by atoms with Crippen molar-refractivity contribution in [2.24, 2.45) is 0 Å². The molecule has 27 heavy (non-hydrogen) atoms. The minimum absolute atomic E-state index is 0.00482. The number of fused-ring (bicyclic) bond motifs is 1. The second kappa shape index (κ2) is 7.96. The molecular weight excluding hydrogens is 340 g/mol. The third-order valence-electron chi connectivity index (χ3n) is 4.39. The van der Waals surface area contributed by atoms with Crippen LogP contribution in [-0.2, 0) is 11.2 Å². The summed E-state index contributed by atoms with van der Waals surface area (Å²) in [6.07, 6.45) is 2.47. The van der Waals surface area contributed by atoms with E-state index >= 15 is 0 Å². The maximum absolute atomic E-state index is 12.6. The summed E-state index contributed by atoms with van der Waals surface area (Å²) in [6, 6.07) is 13.2. The number of aryl methyl sites for hydroxylation is 1. The smallest absolute Gasteiger partial charge is 0.266 e. The Morgan fingerprint density at radius 2 is 2.19 bits per heavy atom. The second-order valence-electron chi connectivity index (χ2n) is 6.50. The number of rotatable bonds is 5. The molecule has 1 unspecified atom stereocenters. The minimum atomic E-state index is -0.455. The number of carbonyl (C=O) groups is 1. The number of hydrogen-bond donors (Lipinski definition) is 1. The van der Waals surface area contributed by atoms with Gasteiger partial charge in [0.2, 0.25) is 0 Å². The molecule has 1 aliphatic heterocycles. The zero-order chi connectivity index (χ0) is 19.4. The maximum atomic E-state index is 12.6. The Hall–Kier alpha value is -3.26. The normalized spacial score (nSPS) is 15.5. The maximum Gasteiger partial charge on any atom is 0.266 e. The van der Waals surface area contributed by atoms with Crippen molar-refractivity contribution in [2.75, 3.05) is 11.9 Å². The zero-order valence-corrected chi connectivity index (χ0v) is 15.7. The van der Waals surface area contributed by atoms with Gasteiger partial charge in [-0.2, -0.15) is 5.26 Å². The molecule has 0 fully saturated rings. The van der Waals surface area contributed by atoms with Crippen molar-refractivity contribution in [3.63, 3.8) is 0 Å². The van der Waals surface area contributed by atoms with Gasteiger partial charge in [-0.1, -0.05) is 18.2 Å². The van der Waals surface area contributed by atoms with Gasteiger partial charge in [-0.25, -0.2) is 0 Å². The third-order valence-corrected chi connectivity index (χ3v) is 4.39. The van der Waals surface area contributed by atoms with Crippen LogP contribution < -0.4 is 14.8 Å². The number of amides is 1. The van der Waals surface area contributed by atoms with Gasteiger partial charge >= 0.3 is 0 Å². The van der Waals surface area contributed by atoms with Crippen LogP contribution in [0, 0.1) is 18.3 Å². The van der Waals surface area contributed by atoms with Crippen LogP contribution >= 0.6 is 0 Å². The molecule has 1 amide bonds. The molecule has 0 spiro atoms. The predicted octanol–water partition coefficient (Wildman–Crippen LogP) is 4.26. The molecule has 2 aromatic rings. The van der Waals surface area contributed by atoms with E-state index in [9.17, 15) is 10.1 Å². The summed E-state index contributed by atoms with van der Waals surface area (Å²) >= 11 is 0. The summed E-state index contributed by atoms with van der Waals surface area (Å²) in [6.45, 7) is 6.30. The molecule has 3 rings (SSSR count). The highest BCUT2D eigenvalue weighted by Gasteiger charge is 2.22. The largest absolute Gasteiger partial charge is 0.493 e. The van der Waals surface area contributed by atoms with E-state index in [1.807, 2.05) is 57.2 Å². The molecule has 1 atom stereocenters. The van der Waals surface area contributed by atoms with Gasteiger partial charge < -0.3 is 14.8 Å². The van der Waals surface area contributed by atoms with Crippen LogP contribution in [0.2, 0.25) is 0 Å². The molecule has 1 heterocycles. The predicted molar refractivity (Wildman–Crippen MR) is 105 cm³/mol. The zero-order valence-electron chi connectivity index (χ0n) is 15.7. The Morgan fingerprint density at radius 3 is 2.89 bits per heavy atom. The molecule has 0 saturated carbocycles. The fourth-order valence-electron chi connectivity index (χ4n) is 3.06. The summed E-state index contributed by atoms with van der Waals surface area (Å²) in [5.74, 6) is 0.961. The van der Waals surface area contributed by atoms with Gasteiger partial charge in [-0.05, 0) is 50.6 Å². The average molecular weight is 362 g/mol. The van der Waals surface area contributed by atoms with Crippen molar-refractivity contribution in [1.29, 1.82) is 5.26 Å². The first-order chi connectivity index (χ1) is 13.0. The van der Waals surface area contributed by atoms with Gasteiger partial charge in [0.05, 0.1) is 6.61 Å². The first-order valence-corrected chi connectivity index (χ1v) is 8.97. The minimum Gasteiger partial charge on any atom is -0.493 e. The van der Waals surface area contributed by atoms with Crippen molar-refractivity contribution >= 4 is 17.7 Å². The molecule has 0 radical (unpaired) electrons. The van der Waals surface area contributed by atoms with E-state index in [0.29, 0.717) is 23.6 Å². The second-order valence-corrected chi connectivity index (χ2v) is 6.50. The lowest BCUT2D eigenvalue weighted by molar-refractivity contribution is -0.112. The van der Waals surface area contributed by atoms with Crippen molar-refractivity contribution in [2.45, 2.75) is 33.3 Å². The van der Waals surface area contributed by atoms with Gasteiger partial charge in [-0.15, -0.1) is 0 Å². The molecule has 0 bridgehead atoms. The first-order valence-electron chi connectivity index (χ1n) is 8.97. The average Bonchev–Trinajstić information content (AvgIpc) is 3.00. The Kier molecular flexibility index (Phi) is 5.46. The quantitative estimate of drug-likeness (QED) is 0.637. The highest BCUT2D eigenvalue weighted by atomic mass is 16.5. The lowest BCUT2D eigenvalue weighted by atomic mass is 10.0. The summed E-state index contributed by atoms with van der Waals surface area (Å²) < 4.78 is 11.5. The third kappa shape index (κ3) is 4.12. The van der Waals surface area contributed by atoms with Crippen molar-refractivity contribution < 1.29 is 14.3 Å². The molecule has 1 N–H and O–H groups in total. The molecule has 0 saturated heterocycles. The topological polar surface area (TPSA) is 71.3 Å². The first kappa shape index (κ1) is 18.5.